The van der Waals surface area contributed by atoms with Crippen molar-refractivity contribution in [3.8, 4) is 0 Å². The van der Waals surface area contributed by atoms with Crippen LogP contribution < -0.4 is 0 Å². The van der Waals surface area contributed by atoms with Gasteiger partial charge < -0.3 is 14.6 Å². The summed E-state index contributed by atoms with van der Waals surface area (Å²) in [7, 11) is 0. The summed E-state index contributed by atoms with van der Waals surface area (Å²) in [6, 6.07) is 0. The van der Waals surface area contributed by atoms with Crippen molar-refractivity contribution >= 4 is 11.9 Å². The summed E-state index contributed by atoms with van der Waals surface area (Å²) in [5.74, 6) is -1.03. The van der Waals surface area contributed by atoms with Gasteiger partial charge in [0.25, 0.3) is 5.97 Å². The number of ether oxygens (including phenoxy) is 2. The van der Waals surface area contributed by atoms with Gasteiger partial charge in [0.05, 0.1) is 18.8 Å². The third-order valence-electron chi connectivity index (χ3n) is 3.78. The largest absolute Gasteiger partial charge is 0.481 e. The van der Waals surface area contributed by atoms with Crippen molar-refractivity contribution in [3.63, 3.8) is 0 Å². The molecule has 1 aliphatic carbocycles. The summed E-state index contributed by atoms with van der Waals surface area (Å²) in [5.41, 5.74) is -0.00555. The Hall–Kier alpha value is -1.36. The third kappa shape index (κ3) is 4.35. The lowest BCUT2D eigenvalue weighted by molar-refractivity contribution is -0.182. The van der Waals surface area contributed by atoms with Crippen LogP contribution in [-0.2, 0) is 19.1 Å². The van der Waals surface area contributed by atoms with Crippen molar-refractivity contribution in [3.05, 3.63) is 12.7 Å². The lowest BCUT2D eigenvalue weighted by atomic mass is 9.66. The van der Waals surface area contributed by atoms with Gasteiger partial charge in [0.2, 0.25) is 0 Å². The van der Waals surface area contributed by atoms with Crippen LogP contribution >= 0.6 is 0 Å². The predicted molar refractivity (Wildman–Crippen MR) is 69.7 cm³/mol. The lowest BCUT2D eigenvalue weighted by Gasteiger charge is -2.51. The van der Waals surface area contributed by atoms with Crippen LogP contribution in [0, 0.1) is 5.41 Å². The molecule has 0 aromatic heterocycles. The molecule has 0 radical (unpaired) electrons. The summed E-state index contributed by atoms with van der Waals surface area (Å²) >= 11 is 0. The summed E-state index contributed by atoms with van der Waals surface area (Å²) in [5, 5.41) is 7.42. The molecule has 2 saturated heterocycles. The standard InChI is InChI=1S/C12H18O3.C2H4O2/c1-3-12-6-4-11(5-7-12,9-15-12)8-14-10(2)13;1-2(3)4/h3H,1,4-9H2,2H3;1H3,(H,3,4). The average Bonchev–Trinajstić information content (AvgIpc) is 2.38. The van der Waals surface area contributed by atoms with E-state index in [0.717, 1.165) is 32.6 Å². The molecule has 0 aromatic carbocycles. The van der Waals surface area contributed by atoms with E-state index in [1.54, 1.807) is 0 Å². The Morgan fingerprint density at radius 3 is 2.16 bits per heavy atom. The molecule has 1 N–H and O–H groups in total. The van der Waals surface area contributed by atoms with Gasteiger partial charge in [-0.05, 0) is 25.7 Å². The average molecular weight is 270 g/mol. The van der Waals surface area contributed by atoms with E-state index in [0.29, 0.717) is 13.2 Å². The molecule has 108 valence electrons. The van der Waals surface area contributed by atoms with Crippen molar-refractivity contribution in [1.82, 2.24) is 0 Å². The zero-order valence-electron chi connectivity index (χ0n) is 11.6. The van der Waals surface area contributed by atoms with Crippen molar-refractivity contribution in [2.45, 2.75) is 45.1 Å². The van der Waals surface area contributed by atoms with Gasteiger partial charge in [-0.25, -0.2) is 0 Å². The molecule has 3 aliphatic rings. The van der Waals surface area contributed by atoms with Crippen LogP contribution in [0.15, 0.2) is 12.7 Å². The SMILES string of the molecule is C=CC12CCC(COC(C)=O)(CC1)CO2.CC(=O)O. The second-order valence-corrected chi connectivity index (χ2v) is 5.36. The van der Waals surface area contributed by atoms with Crippen LogP contribution in [0.5, 0.6) is 0 Å². The maximum absolute atomic E-state index is 10.8. The van der Waals surface area contributed by atoms with Crippen molar-refractivity contribution in [1.29, 1.82) is 0 Å². The molecule has 5 heteroatoms. The number of hydrogen-bond acceptors (Lipinski definition) is 4. The number of esters is 1. The Bertz CT molecular complexity index is 332. The summed E-state index contributed by atoms with van der Waals surface area (Å²) < 4.78 is 11.0. The monoisotopic (exact) mass is 270 g/mol. The van der Waals surface area contributed by atoms with Crippen molar-refractivity contribution < 1.29 is 24.2 Å². The van der Waals surface area contributed by atoms with E-state index in [1.165, 1.54) is 6.92 Å². The highest BCUT2D eigenvalue weighted by Gasteiger charge is 2.48. The second kappa shape index (κ2) is 6.19. The minimum atomic E-state index is -0.833. The highest BCUT2D eigenvalue weighted by Crippen LogP contribution is 2.49. The first-order valence-electron chi connectivity index (χ1n) is 6.44. The molecule has 0 atom stereocenters. The number of hydrogen-bond donors (Lipinski definition) is 1. The molecular weight excluding hydrogens is 248 g/mol. The van der Waals surface area contributed by atoms with E-state index in [2.05, 4.69) is 6.58 Å². The van der Waals surface area contributed by atoms with Crippen LogP contribution in [0.3, 0.4) is 0 Å². The van der Waals surface area contributed by atoms with Crippen LogP contribution in [0.1, 0.15) is 39.5 Å². The van der Waals surface area contributed by atoms with E-state index < -0.39 is 5.97 Å². The van der Waals surface area contributed by atoms with Gasteiger partial charge in [0.15, 0.2) is 0 Å². The maximum atomic E-state index is 10.8. The zero-order chi connectivity index (χ0) is 14.5. The molecule has 0 unspecified atom stereocenters. The van der Waals surface area contributed by atoms with Gasteiger partial charge in [-0.1, -0.05) is 6.08 Å². The fourth-order valence-electron chi connectivity index (χ4n) is 2.49. The van der Waals surface area contributed by atoms with Gasteiger partial charge in [0.1, 0.15) is 0 Å². The topological polar surface area (TPSA) is 72.8 Å². The quantitative estimate of drug-likeness (QED) is 0.628. The molecule has 2 heterocycles. The van der Waals surface area contributed by atoms with E-state index in [9.17, 15) is 4.79 Å². The first-order valence-corrected chi connectivity index (χ1v) is 6.44. The number of rotatable bonds is 3. The Morgan fingerprint density at radius 2 is 1.84 bits per heavy atom. The molecule has 5 nitrogen and oxygen atoms in total. The molecule has 2 bridgehead atoms. The molecule has 0 aromatic rings. The molecule has 2 aliphatic heterocycles. The second-order valence-electron chi connectivity index (χ2n) is 5.36. The predicted octanol–water partition coefficient (Wildman–Crippen LogP) is 2.16. The Morgan fingerprint density at radius 1 is 1.32 bits per heavy atom. The Labute approximate surface area is 113 Å². The van der Waals surface area contributed by atoms with E-state index in [1.807, 2.05) is 6.08 Å². The summed E-state index contributed by atoms with van der Waals surface area (Å²) in [4.78, 5) is 19.8. The highest BCUT2D eigenvalue weighted by molar-refractivity contribution is 5.65. The van der Waals surface area contributed by atoms with E-state index in [4.69, 9.17) is 19.4 Å². The van der Waals surface area contributed by atoms with Crippen LogP contribution in [-0.4, -0.2) is 35.9 Å². The van der Waals surface area contributed by atoms with Crippen LogP contribution in [0.25, 0.3) is 0 Å². The highest BCUT2D eigenvalue weighted by atomic mass is 16.5. The Balaban J connectivity index is 0.000000399. The van der Waals surface area contributed by atoms with Crippen molar-refractivity contribution in [2.75, 3.05) is 13.2 Å². The third-order valence-corrected chi connectivity index (χ3v) is 3.78. The first-order chi connectivity index (χ1) is 8.83. The Kier molecular flexibility index (Phi) is 5.11. The first kappa shape index (κ1) is 15.7. The van der Waals surface area contributed by atoms with Crippen LogP contribution in [0.4, 0.5) is 0 Å². The van der Waals surface area contributed by atoms with E-state index >= 15 is 0 Å². The number of aliphatic carboxylic acids is 1. The molecule has 19 heavy (non-hydrogen) atoms. The van der Waals surface area contributed by atoms with Gasteiger partial charge in [-0.2, -0.15) is 0 Å². The molecule has 3 rings (SSSR count). The lowest BCUT2D eigenvalue weighted by Crippen LogP contribution is -2.51. The maximum Gasteiger partial charge on any atom is 0.302 e. The normalized spacial score (nSPS) is 31.9. The minimum Gasteiger partial charge on any atom is -0.481 e. The number of carbonyl (C=O) groups excluding carboxylic acids is 1. The smallest absolute Gasteiger partial charge is 0.302 e. The van der Waals surface area contributed by atoms with Gasteiger partial charge in [0, 0.05) is 19.3 Å². The van der Waals surface area contributed by atoms with Crippen LogP contribution in [0.2, 0.25) is 0 Å². The molecular formula is C14H22O5. The van der Waals surface area contributed by atoms with Crippen molar-refractivity contribution in [2.24, 2.45) is 5.41 Å². The number of carboxylic acid groups (broad SMARTS) is 1. The summed E-state index contributed by atoms with van der Waals surface area (Å²) in [6.07, 6.45) is 6.11. The minimum absolute atomic E-state index is 0.0798. The van der Waals surface area contributed by atoms with Gasteiger partial charge in [-0.3, -0.25) is 9.59 Å². The summed E-state index contributed by atoms with van der Waals surface area (Å²) in [6.45, 7) is 7.59. The molecule has 3 fully saturated rings. The van der Waals surface area contributed by atoms with Gasteiger partial charge in [-0.15, -0.1) is 6.58 Å². The molecule has 1 saturated carbocycles. The molecule has 0 spiro atoms. The number of carbonyl (C=O) groups is 2. The molecule has 0 amide bonds. The fraction of sp³-hybridized carbons (Fsp3) is 0.714. The fourth-order valence-corrected chi connectivity index (χ4v) is 2.49. The number of carboxylic acids is 1. The van der Waals surface area contributed by atoms with E-state index in [-0.39, 0.29) is 17.0 Å². The van der Waals surface area contributed by atoms with Gasteiger partial charge >= 0.3 is 5.97 Å². The number of fused-ring (bicyclic) bond motifs is 3. The zero-order valence-corrected chi connectivity index (χ0v) is 11.6.